The van der Waals surface area contributed by atoms with Crippen LogP contribution in [0.15, 0.2) is 73.1 Å². The number of hydrogen-bond acceptors (Lipinski definition) is 6. The molecule has 1 fully saturated rings. The van der Waals surface area contributed by atoms with Gasteiger partial charge in [-0.2, -0.15) is 5.26 Å². The third kappa shape index (κ3) is 6.25. The zero-order valence-corrected chi connectivity index (χ0v) is 24.4. The zero-order chi connectivity index (χ0) is 30.8. The van der Waals surface area contributed by atoms with Crippen molar-refractivity contribution in [2.75, 3.05) is 13.1 Å². The van der Waals surface area contributed by atoms with Crippen LogP contribution in [0.4, 0.5) is 13.2 Å². The lowest BCUT2D eigenvalue weighted by Gasteiger charge is -2.36. The molecule has 3 aromatic carbocycles. The molecule has 0 saturated carbocycles. The van der Waals surface area contributed by atoms with Crippen molar-refractivity contribution in [1.82, 2.24) is 9.88 Å². The molecule has 6 nitrogen and oxygen atoms in total. The van der Waals surface area contributed by atoms with Crippen LogP contribution in [-0.4, -0.2) is 40.1 Å². The summed E-state index contributed by atoms with van der Waals surface area (Å²) in [6.07, 6.45) is 2.32. The third-order valence-electron chi connectivity index (χ3n) is 8.12. The topological polar surface area (TPSA) is 78.6 Å². The van der Waals surface area contributed by atoms with E-state index in [2.05, 4.69) is 11.1 Å². The number of aromatic nitrogens is 1. The average molecular weight is 620 g/mol. The van der Waals surface area contributed by atoms with E-state index in [1.165, 1.54) is 12.3 Å². The SMILES string of the molecule is N#Cc1cncc(COc2cc(O[C@H]3CCc4c(-c5ccccc5F)cccc43)c(Cl)cc2CN2CCC(O)C(F)(F)C2)c1. The van der Waals surface area contributed by atoms with Crippen LogP contribution in [0.5, 0.6) is 11.5 Å². The summed E-state index contributed by atoms with van der Waals surface area (Å²) in [6, 6.07) is 19.5. The van der Waals surface area contributed by atoms with Gasteiger partial charge >= 0.3 is 0 Å². The fourth-order valence-corrected chi connectivity index (χ4v) is 6.14. The molecular weight excluding hydrogens is 591 g/mol. The fraction of sp³-hybridized carbons (Fsp3) is 0.294. The first-order chi connectivity index (χ1) is 21.2. The number of pyridine rings is 1. The van der Waals surface area contributed by atoms with Gasteiger partial charge in [-0.1, -0.05) is 48.0 Å². The highest BCUT2D eigenvalue weighted by atomic mass is 35.5. The van der Waals surface area contributed by atoms with Crippen LogP contribution in [0.1, 0.15) is 46.8 Å². The predicted molar refractivity (Wildman–Crippen MR) is 159 cm³/mol. The van der Waals surface area contributed by atoms with E-state index in [1.54, 1.807) is 41.4 Å². The minimum absolute atomic E-state index is 0.0549. The van der Waals surface area contributed by atoms with Crippen LogP contribution in [-0.2, 0) is 19.6 Å². The highest BCUT2D eigenvalue weighted by Crippen LogP contribution is 2.43. The molecule has 44 heavy (non-hydrogen) atoms. The second-order valence-corrected chi connectivity index (χ2v) is 11.6. The standard InChI is InChI=1S/C34H29ClF3N3O3/c35-28-13-23(18-41-11-10-33(42)34(37,38)20-41)31(43-19-22-12-21(15-39)16-40-17-22)14-32(28)44-30-9-8-25-24(5-3-6-27(25)30)26-4-1-2-7-29(26)36/h1-7,12-14,16-17,30,33,42H,8-11,18-20H2/t30-,33?/m0/s1. The second kappa shape index (κ2) is 12.5. The molecule has 1 N–H and O–H groups in total. The van der Waals surface area contributed by atoms with Gasteiger partial charge in [0.2, 0.25) is 0 Å². The second-order valence-electron chi connectivity index (χ2n) is 11.1. The van der Waals surface area contributed by atoms with Gasteiger partial charge in [0.15, 0.2) is 0 Å². The maximum Gasteiger partial charge on any atom is 0.285 e. The molecule has 0 amide bonds. The van der Waals surface area contributed by atoms with E-state index in [0.717, 1.165) is 16.7 Å². The van der Waals surface area contributed by atoms with Crippen molar-refractivity contribution in [3.05, 3.63) is 112 Å². The molecule has 2 atom stereocenters. The van der Waals surface area contributed by atoms with E-state index >= 15 is 0 Å². The molecule has 0 radical (unpaired) electrons. The van der Waals surface area contributed by atoms with E-state index in [0.29, 0.717) is 51.6 Å². The molecule has 10 heteroatoms. The highest BCUT2D eigenvalue weighted by molar-refractivity contribution is 6.32. The van der Waals surface area contributed by atoms with E-state index in [1.807, 2.05) is 24.3 Å². The van der Waals surface area contributed by atoms with Crippen molar-refractivity contribution < 1.29 is 27.8 Å². The zero-order valence-electron chi connectivity index (χ0n) is 23.6. The molecule has 0 spiro atoms. The summed E-state index contributed by atoms with van der Waals surface area (Å²) >= 11 is 6.73. The van der Waals surface area contributed by atoms with E-state index < -0.39 is 18.6 Å². The summed E-state index contributed by atoms with van der Waals surface area (Å²) in [6.45, 7) is -0.125. The summed E-state index contributed by atoms with van der Waals surface area (Å²) in [5.74, 6) is -2.77. The maximum atomic E-state index is 14.7. The first-order valence-corrected chi connectivity index (χ1v) is 14.7. The molecule has 1 saturated heterocycles. The maximum absolute atomic E-state index is 14.7. The number of benzene rings is 3. The van der Waals surface area contributed by atoms with Crippen molar-refractivity contribution in [3.8, 4) is 28.7 Å². The molecule has 1 aliphatic carbocycles. The fourth-order valence-electron chi connectivity index (χ4n) is 5.91. The first kappa shape index (κ1) is 29.9. The lowest BCUT2D eigenvalue weighted by atomic mass is 9.96. The molecule has 0 bridgehead atoms. The predicted octanol–water partition coefficient (Wildman–Crippen LogP) is 7.26. The number of fused-ring (bicyclic) bond motifs is 1. The van der Waals surface area contributed by atoms with Crippen molar-refractivity contribution in [1.29, 1.82) is 5.26 Å². The molecular formula is C34H29ClF3N3O3. The number of likely N-dealkylation sites (tertiary alicyclic amines) is 1. The Bertz CT molecular complexity index is 1730. The number of halogens is 4. The van der Waals surface area contributed by atoms with Crippen LogP contribution < -0.4 is 9.47 Å². The van der Waals surface area contributed by atoms with Gasteiger partial charge in [-0.05, 0) is 54.2 Å². The third-order valence-corrected chi connectivity index (χ3v) is 8.41. The summed E-state index contributed by atoms with van der Waals surface area (Å²) in [5.41, 5.74) is 4.95. The lowest BCUT2D eigenvalue weighted by molar-refractivity contribution is -0.151. The number of nitriles is 1. The van der Waals surface area contributed by atoms with E-state index in [-0.39, 0.29) is 38.0 Å². The number of ether oxygens (including phenoxy) is 2. The molecule has 2 heterocycles. The van der Waals surface area contributed by atoms with Crippen LogP contribution in [0, 0.1) is 17.1 Å². The van der Waals surface area contributed by atoms with E-state index in [4.69, 9.17) is 21.1 Å². The van der Waals surface area contributed by atoms with Crippen molar-refractivity contribution in [2.24, 2.45) is 0 Å². The Balaban J connectivity index is 1.29. The number of aliphatic hydroxyl groups is 1. The van der Waals surface area contributed by atoms with Crippen LogP contribution in [0.3, 0.4) is 0 Å². The van der Waals surface area contributed by atoms with Gasteiger partial charge in [-0.15, -0.1) is 0 Å². The van der Waals surface area contributed by atoms with Crippen molar-refractivity contribution in [2.45, 2.75) is 50.5 Å². The number of aliphatic hydroxyl groups excluding tert-OH is 1. The monoisotopic (exact) mass is 619 g/mol. The Morgan fingerprint density at radius 1 is 1.05 bits per heavy atom. The van der Waals surface area contributed by atoms with Gasteiger partial charge in [0, 0.05) is 48.2 Å². The summed E-state index contributed by atoms with van der Waals surface area (Å²) in [5, 5.41) is 19.3. The molecule has 1 aromatic heterocycles. The Hall–Kier alpha value is -4.10. The Morgan fingerprint density at radius 2 is 1.86 bits per heavy atom. The summed E-state index contributed by atoms with van der Waals surface area (Å²) in [7, 11) is 0. The highest BCUT2D eigenvalue weighted by Gasteiger charge is 2.43. The Morgan fingerprint density at radius 3 is 2.66 bits per heavy atom. The number of hydrogen-bond donors (Lipinski definition) is 1. The normalized spacial score (nSPS) is 19.3. The van der Waals surface area contributed by atoms with Gasteiger partial charge < -0.3 is 14.6 Å². The molecule has 4 aromatic rings. The van der Waals surface area contributed by atoms with Crippen LogP contribution in [0.2, 0.25) is 5.02 Å². The number of nitrogens with zero attached hydrogens (tertiary/aromatic N) is 3. The number of rotatable bonds is 8. The van der Waals surface area contributed by atoms with Crippen LogP contribution >= 0.6 is 11.6 Å². The van der Waals surface area contributed by atoms with E-state index in [9.17, 15) is 23.5 Å². The van der Waals surface area contributed by atoms with Gasteiger partial charge in [0.25, 0.3) is 5.92 Å². The minimum Gasteiger partial charge on any atom is -0.488 e. The summed E-state index contributed by atoms with van der Waals surface area (Å²) < 4.78 is 55.9. The first-order valence-electron chi connectivity index (χ1n) is 14.3. The quantitative estimate of drug-likeness (QED) is 0.224. The molecule has 2 aliphatic rings. The van der Waals surface area contributed by atoms with Crippen molar-refractivity contribution >= 4 is 11.6 Å². The van der Waals surface area contributed by atoms with Gasteiger partial charge in [0.1, 0.15) is 42.2 Å². The molecule has 6 rings (SSSR count). The molecule has 226 valence electrons. The van der Waals surface area contributed by atoms with Crippen molar-refractivity contribution in [3.63, 3.8) is 0 Å². The Kier molecular flexibility index (Phi) is 8.50. The van der Waals surface area contributed by atoms with Gasteiger partial charge in [-0.25, -0.2) is 13.2 Å². The smallest absolute Gasteiger partial charge is 0.285 e. The van der Waals surface area contributed by atoms with Gasteiger partial charge in [-0.3, -0.25) is 9.88 Å². The minimum atomic E-state index is -3.23. The number of alkyl halides is 2. The molecule has 1 aliphatic heterocycles. The number of piperidine rings is 1. The molecule has 1 unspecified atom stereocenters. The van der Waals surface area contributed by atoms with Gasteiger partial charge in [0.05, 0.1) is 17.1 Å². The largest absolute Gasteiger partial charge is 0.488 e. The van der Waals surface area contributed by atoms with Crippen LogP contribution in [0.25, 0.3) is 11.1 Å². The Labute approximate surface area is 258 Å². The summed E-state index contributed by atoms with van der Waals surface area (Å²) in [4.78, 5) is 5.63. The average Bonchev–Trinajstić information content (AvgIpc) is 3.43. The lowest BCUT2D eigenvalue weighted by Crippen LogP contribution is -2.51.